The first-order valence-electron chi connectivity index (χ1n) is 11.5. The molecule has 0 aliphatic carbocycles. The predicted octanol–water partition coefficient (Wildman–Crippen LogP) is 4.40. The summed E-state index contributed by atoms with van der Waals surface area (Å²) in [5.74, 6) is 2.21. The summed E-state index contributed by atoms with van der Waals surface area (Å²) in [5, 5.41) is 10.0. The topological polar surface area (TPSA) is 53.0 Å². The number of ether oxygens (including phenoxy) is 1. The molecule has 0 unspecified atom stereocenters. The minimum atomic E-state index is 0.0686. The van der Waals surface area contributed by atoms with Gasteiger partial charge in [-0.25, -0.2) is 0 Å². The maximum atomic E-state index is 13.3. The van der Waals surface area contributed by atoms with Gasteiger partial charge < -0.3 is 14.7 Å². The van der Waals surface area contributed by atoms with Crippen molar-refractivity contribution in [2.24, 2.45) is 11.8 Å². The summed E-state index contributed by atoms with van der Waals surface area (Å²) >= 11 is 0. The van der Waals surface area contributed by atoms with Crippen LogP contribution in [0.1, 0.15) is 53.2 Å². The average molecular weight is 421 g/mol. The monoisotopic (exact) mass is 420 g/mol. The van der Waals surface area contributed by atoms with Gasteiger partial charge in [0, 0.05) is 42.8 Å². The summed E-state index contributed by atoms with van der Waals surface area (Å²) in [6, 6.07) is 14.8. The third kappa shape index (κ3) is 3.69. The van der Waals surface area contributed by atoms with Crippen LogP contribution in [-0.4, -0.2) is 53.6 Å². The van der Waals surface area contributed by atoms with Crippen molar-refractivity contribution in [3.05, 3.63) is 59.2 Å². The molecule has 3 saturated heterocycles. The van der Waals surface area contributed by atoms with Gasteiger partial charge in [-0.2, -0.15) is 0 Å². The van der Waals surface area contributed by atoms with Crippen LogP contribution in [0.5, 0.6) is 11.5 Å². The van der Waals surface area contributed by atoms with E-state index in [9.17, 15) is 9.90 Å². The largest absolute Gasteiger partial charge is 0.508 e. The van der Waals surface area contributed by atoms with Crippen LogP contribution >= 0.6 is 0 Å². The number of aromatic hydroxyl groups is 1. The number of fused-ring (bicyclic) bond motifs is 4. The second kappa shape index (κ2) is 8.19. The molecule has 5 nitrogen and oxygen atoms in total. The number of methoxy groups -OCH3 is 1. The quantitative estimate of drug-likeness (QED) is 0.800. The Kier molecular flexibility index (Phi) is 5.39. The molecule has 3 aliphatic rings. The van der Waals surface area contributed by atoms with Crippen LogP contribution in [0.2, 0.25) is 0 Å². The predicted molar refractivity (Wildman–Crippen MR) is 120 cm³/mol. The highest BCUT2D eigenvalue weighted by Crippen LogP contribution is 2.44. The molecule has 5 rings (SSSR count). The van der Waals surface area contributed by atoms with Gasteiger partial charge in [0.05, 0.1) is 7.11 Å². The van der Waals surface area contributed by atoms with Crippen LogP contribution in [0.4, 0.5) is 0 Å². The minimum absolute atomic E-state index is 0.0686. The van der Waals surface area contributed by atoms with E-state index in [4.69, 9.17) is 4.74 Å². The summed E-state index contributed by atoms with van der Waals surface area (Å²) in [7, 11) is 1.71. The van der Waals surface area contributed by atoms with Gasteiger partial charge in [0.2, 0.25) is 0 Å². The number of rotatable bonds is 3. The lowest BCUT2D eigenvalue weighted by atomic mass is 9.73. The van der Waals surface area contributed by atoms with Crippen molar-refractivity contribution < 1.29 is 14.6 Å². The van der Waals surface area contributed by atoms with Crippen LogP contribution in [0.3, 0.4) is 0 Å². The van der Waals surface area contributed by atoms with E-state index in [1.54, 1.807) is 19.2 Å². The van der Waals surface area contributed by atoms with Crippen LogP contribution in [0, 0.1) is 18.8 Å². The van der Waals surface area contributed by atoms with E-state index >= 15 is 0 Å². The molecule has 1 amide bonds. The number of phenols is 1. The zero-order chi connectivity index (χ0) is 21.5. The summed E-state index contributed by atoms with van der Waals surface area (Å²) in [5.41, 5.74) is 2.70. The summed E-state index contributed by atoms with van der Waals surface area (Å²) in [4.78, 5) is 18.1. The zero-order valence-corrected chi connectivity index (χ0v) is 18.5. The van der Waals surface area contributed by atoms with Crippen molar-refractivity contribution in [2.45, 2.75) is 44.7 Å². The Morgan fingerprint density at radius 3 is 2.65 bits per heavy atom. The molecule has 2 aromatic carbocycles. The molecular formula is C26H32N2O3. The van der Waals surface area contributed by atoms with Gasteiger partial charge in [0.1, 0.15) is 11.5 Å². The Morgan fingerprint density at radius 2 is 1.87 bits per heavy atom. The van der Waals surface area contributed by atoms with Crippen LogP contribution in [0.15, 0.2) is 42.5 Å². The van der Waals surface area contributed by atoms with E-state index in [0.29, 0.717) is 35.0 Å². The molecule has 0 radical (unpaired) electrons. The number of amides is 1. The van der Waals surface area contributed by atoms with Gasteiger partial charge in [-0.15, -0.1) is 0 Å². The van der Waals surface area contributed by atoms with Crippen molar-refractivity contribution in [2.75, 3.05) is 26.7 Å². The molecule has 31 heavy (non-hydrogen) atoms. The highest BCUT2D eigenvalue weighted by atomic mass is 16.5. The van der Waals surface area contributed by atoms with Crippen molar-refractivity contribution in [3.8, 4) is 11.5 Å². The number of benzene rings is 2. The molecule has 5 heteroatoms. The third-order valence-corrected chi connectivity index (χ3v) is 7.71. The molecule has 4 atom stereocenters. The van der Waals surface area contributed by atoms with Gasteiger partial charge >= 0.3 is 0 Å². The lowest BCUT2D eigenvalue weighted by Gasteiger charge is -2.55. The number of likely N-dealkylation sites (tertiary alicyclic amines) is 1. The SMILES string of the molecule is COc1ccc([C@H]2CCC[C@H]3[C@@H]4C[C@@H](CN(C(=O)c5cccc(O)c5C)C4)CN23)cc1. The first kappa shape index (κ1) is 20.4. The summed E-state index contributed by atoms with van der Waals surface area (Å²) in [6.07, 6.45) is 4.88. The molecule has 1 N–H and O–H groups in total. The summed E-state index contributed by atoms with van der Waals surface area (Å²) < 4.78 is 5.34. The average Bonchev–Trinajstić information content (AvgIpc) is 2.80. The molecule has 3 fully saturated rings. The smallest absolute Gasteiger partial charge is 0.254 e. The molecule has 3 heterocycles. The van der Waals surface area contributed by atoms with Crippen molar-refractivity contribution in [1.29, 1.82) is 0 Å². The second-order valence-electron chi connectivity index (χ2n) is 9.51. The van der Waals surface area contributed by atoms with Crippen molar-refractivity contribution in [3.63, 3.8) is 0 Å². The fourth-order valence-corrected chi connectivity index (χ4v) is 6.18. The standard InChI is InChI=1S/C26H32N2O3/c1-17-22(5-3-8-25(17)29)26(30)27-14-18-13-20(16-27)24-7-4-6-23(28(24)15-18)19-9-11-21(31-2)12-10-19/h3,5,8-12,18,20,23-24,29H,4,6-7,13-16H2,1-2H3/t18-,20+,23+,24-/m0/s1. The highest BCUT2D eigenvalue weighted by Gasteiger charge is 2.45. The number of phenolic OH excluding ortho intramolecular Hbond substituents is 1. The fraction of sp³-hybridized carbons (Fsp3) is 0.500. The first-order chi connectivity index (χ1) is 15.0. The number of hydrogen-bond acceptors (Lipinski definition) is 4. The Labute approximate surface area is 184 Å². The number of carbonyl (C=O) groups is 1. The van der Waals surface area contributed by atoms with E-state index in [2.05, 4.69) is 34.1 Å². The zero-order valence-electron chi connectivity index (χ0n) is 18.5. The summed E-state index contributed by atoms with van der Waals surface area (Å²) in [6.45, 7) is 4.51. The van der Waals surface area contributed by atoms with E-state index in [1.807, 2.05) is 13.0 Å². The fourth-order valence-electron chi connectivity index (χ4n) is 6.18. The van der Waals surface area contributed by atoms with E-state index in [1.165, 1.54) is 31.2 Å². The molecule has 0 aromatic heterocycles. The molecule has 164 valence electrons. The molecule has 3 aliphatic heterocycles. The molecule has 0 spiro atoms. The maximum Gasteiger partial charge on any atom is 0.254 e. The third-order valence-electron chi connectivity index (χ3n) is 7.71. The Morgan fingerprint density at radius 1 is 1.06 bits per heavy atom. The van der Waals surface area contributed by atoms with Gasteiger partial charge in [-0.3, -0.25) is 9.69 Å². The number of nitrogens with zero attached hydrogens (tertiary/aromatic N) is 2. The molecule has 0 saturated carbocycles. The van der Waals surface area contributed by atoms with E-state index in [-0.39, 0.29) is 11.7 Å². The molecular weight excluding hydrogens is 388 g/mol. The second-order valence-corrected chi connectivity index (χ2v) is 9.51. The minimum Gasteiger partial charge on any atom is -0.508 e. The van der Waals surface area contributed by atoms with Crippen molar-refractivity contribution in [1.82, 2.24) is 9.80 Å². The van der Waals surface area contributed by atoms with Gasteiger partial charge in [-0.05, 0) is 74.3 Å². The van der Waals surface area contributed by atoms with Gasteiger partial charge in [0.25, 0.3) is 5.91 Å². The van der Waals surface area contributed by atoms with Crippen LogP contribution in [0.25, 0.3) is 0 Å². The van der Waals surface area contributed by atoms with Crippen LogP contribution < -0.4 is 4.74 Å². The van der Waals surface area contributed by atoms with Crippen molar-refractivity contribution >= 4 is 5.91 Å². The lowest BCUT2D eigenvalue weighted by Crippen LogP contribution is -2.60. The van der Waals surface area contributed by atoms with Gasteiger partial charge in [-0.1, -0.05) is 18.2 Å². The number of piperidine rings is 3. The van der Waals surface area contributed by atoms with Gasteiger partial charge in [0.15, 0.2) is 0 Å². The van der Waals surface area contributed by atoms with E-state index in [0.717, 1.165) is 25.4 Å². The van der Waals surface area contributed by atoms with Crippen LogP contribution in [-0.2, 0) is 0 Å². The lowest BCUT2D eigenvalue weighted by molar-refractivity contribution is -0.0511. The Bertz CT molecular complexity index is 958. The molecule has 2 bridgehead atoms. The van der Waals surface area contributed by atoms with E-state index < -0.39 is 0 Å². The Balaban J connectivity index is 1.35. The number of carbonyl (C=O) groups excluding carboxylic acids is 1. The molecule has 2 aromatic rings. The maximum absolute atomic E-state index is 13.3. The Hall–Kier alpha value is -2.53. The highest BCUT2D eigenvalue weighted by molar-refractivity contribution is 5.96. The number of hydrogen-bond donors (Lipinski definition) is 1. The first-order valence-corrected chi connectivity index (χ1v) is 11.5. The normalized spacial score (nSPS) is 28.1.